The molecule has 11 unspecified atom stereocenters. The topological polar surface area (TPSA) is 523 Å². The van der Waals surface area contributed by atoms with E-state index in [2.05, 4.69) is 42.2 Å². The Balaban J connectivity index is 1.09. The van der Waals surface area contributed by atoms with Crippen molar-refractivity contribution in [2.45, 2.75) is 161 Å². The molecule has 33 nitrogen and oxygen atoms in total. The van der Waals surface area contributed by atoms with Crippen LogP contribution in [0, 0.1) is 5.92 Å². The maximum Gasteiger partial charge on any atom is 0.330 e. The summed E-state index contributed by atoms with van der Waals surface area (Å²) in [6, 6.07) is 4.70. The van der Waals surface area contributed by atoms with Crippen LogP contribution in [0.3, 0.4) is 0 Å². The number of rotatable bonds is 15. The van der Waals surface area contributed by atoms with E-state index in [9.17, 15) is 69.9 Å². The number of aliphatic hydroxyl groups is 5. The summed E-state index contributed by atoms with van der Waals surface area (Å²) >= 11 is 23.1. The smallest absolute Gasteiger partial charge is 0.330 e. The molecule has 11 bridgehead atoms. The molecule has 0 radical (unpaired) electrons. The summed E-state index contributed by atoms with van der Waals surface area (Å²) < 4.78 is 41.0. The first-order valence-electron chi connectivity index (χ1n) is 34.6. The van der Waals surface area contributed by atoms with E-state index >= 15 is 14.4 Å². The second-order valence-electron chi connectivity index (χ2n) is 27.9. The number of halogens is 3. The molecule has 0 spiro atoms. The summed E-state index contributed by atoms with van der Waals surface area (Å²) in [7, 11) is 1.48. The highest BCUT2D eigenvalue weighted by Gasteiger charge is 2.52. The van der Waals surface area contributed by atoms with Crippen molar-refractivity contribution in [3.05, 3.63) is 140 Å². The third-order valence-electron chi connectivity index (χ3n) is 19.3. The molecule has 0 aliphatic carbocycles. The zero-order valence-corrected chi connectivity index (χ0v) is 63.2. The molecule has 0 saturated carbocycles. The number of aromatic nitrogens is 1. The van der Waals surface area contributed by atoms with Gasteiger partial charge in [-0.2, -0.15) is 0 Å². The molecule has 20 N–H and O–H groups in total. The third kappa shape index (κ3) is 17.5. The number of aromatic hydroxyl groups is 3. The van der Waals surface area contributed by atoms with Crippen LogP contribution in [0.25, 0.3) is 21.3 Å². The van der Waals surface area contributed by atoms with Crippen molar-refractivity contribution < 1.29 is 113 Å². The van der Waals surface area contributed by atoms with Gasteiger partial charge in [0.15, 0.2) is 34.3 Å². The predicted molar refractivity (Wildman–Crippen MR) is 398 cm³/mol. The molecule has 38 heteroatoms. The van der Waals surface area contributed by atoms with Gasteiger partial charge in [0.25, 0.3) is 0 Å². The highest BCUT2D eigenvalue weighted by molar-refractivity contribution is 8.01. The number of thiazole rings is 1. The van der Waals surface area contributed by atoms with Crippen LogP contribution in [0.5, 0.6) is 46.0 Å². The van der Waals surface area contributed by atoms with Crippen LogP contribution in [-0.2, 0) is 52.6 Å². The number of carboxylic acid groups (broad SMARTS) is 1. The Morgan fingerprint density at radius 2 is 1.37 bits per heavy atom. The van der Waals surface area contributed by atoms with Crippen LogP contribution in [-0.4, -0.2) is 190 Å². The van der Waals surface area contributed by atoms with E-state index in [-0.39, 0.29) is 57.7 Å². The molecular formula is C73H77Cl3N10O23S2. The number of fused-ring (bicyclic) bond motifs is 16. The number of thioether (sulfide) groups is 1. The first kappa shape index (κ1) is 81.1. The summed E-state index contributed by atoms with van der Waals surface area (Å²) in [4.78, 5) is 123. The maximum absolute atomic E-state index is 16.2. The Bertz CT molecular complexity index is 4830. The molecule has 7 aliphatic heterocycles. The van der Waals surface area contributed by atoms with Gasteiger partial charge < -0.3 is 123 Å². The number of amides is 7. The number of carbonyl (C=O) groups is 8. The van der Waals surface area contributed by atoms with Gasteiger partial charge in [0, 0.05) is 45.5 Å². The molecule has 590 valence electrons. The minimum Gasteiger partial charge on any atom is -0.508 e. The molecule has 7 amide bonds. The Labute approximate surface area is 654 Å². The van der Waals surface area contributed by atoms with Crippen molar-refractivity contribution >= 4 is 115 Å². The summed E-state index contributed by atoms with van der Waals surface area (Å²) in [6.07, 6.45) is -18.0. The van der Waals surface area contributed by atoms with E-state index in [1.807, 2.05) is 13.8 Å². The highest BCUT2D eigenvalue weighted by Crippen LogP contribution is 2.50. The number of nitrogens with two attached hydrogens (primary N) is 2. The molecule has 7 aliphatic rings. The lowest BCUT2D eigenvalue weighted by atomic mass is 9.86. The zero-order valence-electron chi connectivity index (χ0n) is 59.3. The molecule has 2 saturated heterocycles. The molecule has 14 rings (SSSR count). The largest absolute Gasteiger partial charge is 0.508 e. The standard InChI is InChI=1S/C73H77Cl3N10O23S2/c1-26(2)14-39(79-5)64(96)85-55-57(91)29-7-11-43(36(75)16-29)105-45-18-31-19-46(61(45)109-71-62(108-50-24-73(4,78)63(95)27(3)104-50)60(94)59(93)47(107-71)25-110-72-81-38-20-32(74)9-13-48(38)111-72)106-44-12-8-30(17-37(44)76)58(92)56-69(101)84-54(70(102)103)35-21-33(87)22-42(89)51(35)34-15-28(6-10-41(34)88)52(66(98)86-56)83-67(99)53(31)82-65(97)40(23-49(77)90)80-68(55)100/h6-13,15-22,26-27,39-40,47,50,52-60,62-63,71,79,87-89,91-95H,14,23-25,78H2,1-5H3,(H2,77,90)(H,80,100)(H,82,97)(H,83,99)(H,84,101)(H,85,96)(H,86,98)(H,102,103)/t27?,39-,40+,47?,50?,52?,53?,54-,55-,56+,57-,58-,59?,60?,62?,63?,71?,73?/m1/s1. The van der Waals surface area contributed by atoms with Crippen molar-refractivity contribution in [3.63, 3.8) is 0 Å². The monoisotopic (exact) mass is 1630 g/mol. The highest BCUT2D eigenvalue weighted by atomic mass is 35.5. The summed E-state index contributed by atoms with van der Waals surface area (Å²) in [5, 5.41) is 123. The van der Waals surface area contributed by atoms with Crippen molar-refractivity contribution in [2.75, 3.05) is 12.8 Å². The number of hydrogen-bond acceptors (Lipinski definition) is 27. The number of carboxylic acids is 1. The lowest BCUT2D eigenvalue weighted by Crippen LogP contribution is -2.64. The fourth-order valence-corrected chi connectivity index (χ4v) is 16.3. The van der Waals surface area contributed by atoms with Crippen molar-refractivity contribution in [1.29, 1.82) is 0 Å². The Hall–Kier alpha value is -9.41. The van der Waals surface area contributed by atoms with Crippen molar-refractivity contribution in [1.82, 2.24) is 42.2 Å². The quantitative estimate of drug-likeness (QED) is 0.0640. The van der Waals surface area contributed by atoms with Crippen LogP contribution in [0.15, 0.2) is 101 Å². The first-order chi connectivity index (χ1) is 52.5. The maximum atomic E-state index is 16.2. The lowest BCUT2D eigenvalue weighted by molar-refractivity contribution is -0.329. The fourth-order valence-electron chi connectivity index (χ4n) is 13.6. The van der Waals surface area contributed by atoms with E-state index < -0.39 is 225 Å². The van der Waals surface area contributed by atoms with Gasteiger partial charge >= 0.3 is 5.97 Å². The van der Waals surface area contributed by atoms with Gasteiger partial charge in [0.2, 0.25) is 53.4 Å². The number of nitrogens with one attached hydrogen (secondary N) is 7. The van der Waals surface area contributed by atoms with Crippen LogP contribution in [0.1, 0.15) is 105 Å². The number of phenolic OH excluding ortho intramolecular Hbond substituents is 3. The zero-order chi connectivity index (χ0) is 80.1. The van der Waals surface area contributed by atoms with Gasteiger partial charge in [-0.05, 0) is 128 Å². The van der Waals surface area contributed by atoms with Gasteiger partial charge in [0.1, 0.15) is 83.4 Å². The Morgan fingerprint density at radius 3 is 2.00 bits per heavy atom. The van der Waals surface area contributed by atoms with Gasteiger partial charge in [-0.3, -0.25) is 33.6 Å². The minimum absolute atomic E-state index is 0.102. The average Bonchev–Trinajstić information content (AvgIpc) is 1.27. The molecule has 1 aromatic heterocycles. The number of primary amides is 1. The molecule has 7 aromatic rings. The number of aliphatic carboxylic acids is 1. The van der Waals surface area contributed by atoms with Crippen molar-refractivity contribution in [2.24, 2.45) is 17.4 Å². The van der Waals surface area contributed by atoms with Crippen molar-refractivity contribution in [3.8, 4) is 57.1 Å². The normalized spacial score (nSPS) is 27.9. The van der Waals surface area contributed by atoms with Crippen LogP contribution < -0.4 is 62.9 Å². The second-order valence-corrected chi connectivity index (χ2v) is 31.5. The van der Waals surface area contributed by atoms with E-state index in [0.717, 1.165) is 77.1 Å². The Morgan fingerprint density at radius 1 is 0.730 bits per heavy atom. The van der Waals surface area contributed by atoms with Gasteiger partial charge in [-0.1, -0.05) is 78.6 Å². The number of hydrogen-bond donors (Lipinski definition) is 18. The average molecular weight is 1630 g/mol. The summed E-state index contributed by atoms with van der Waals surface area (Å²) in [5.41, 5.74) is 8.79. The Kier molecular flexibility index (Phi) is 24.2. The number of nitrogens with zero attached hydrogens (tertiary/aromatic N) is 1. The molecule has 18 atom stereocenters. The van der Waals surface area contributed by atoms with Crippen LogP contribution >= 0.6 is 57.9 Å². The summed E-state index contributed by atoms with van der Waals surface area (Å²) in [5.74, 6) is -16.0. The van der Waals surface area contributed by atoms with Gasteiger partial charge in [0.05, 0.1) is 51.0 Å². The molecule has 111 heavy (non-hydrogen) atoms. The SMILES string of the molecule is CN[C@H](CC(C)C)C(=O)N[C@H]1C(=O)N[C@@H](CC(N)=O)C(=O)NC2C(=O)NC3C(=O)N[C@H](C(=O)N[C@@H](C(=O)O)c4cc(O)cc(O)c4-c4cc3ccc4O)[C@H](O)c3ccc(c(Cl)c3)Oc3cc2cc(c3OC2OC(CSc3nc4cc(Cl)ccc4s3)C(O)C(O)C2OC2CC(C)(N)C(O)C(C)O2)Oc2ccc(cc2Cl)[C@H]1O. The van der Waals surface area contributed by atoms with Crippen LogP contribution in [0.4, 0.5) is 0 Å². The molecule has 2 fully saturated rings. The molecule has 6 aromatic carbocycles. The number of ether oxygens (including phenoxy) is 6. The molecule has 8 heterocycles. The van der Waals surface area contributed by atoms with E-state index in [1.54, 1.807) is 18.2 Å². The number of benzene rings is 6. The van der Waals surface area contributed by atoms with E-state index in [0.29, 0.717) is 14.9 Å². The third-order valence-corrected chi connectivity index (χ3v) is 22.4. The number of carbonyl (C=O) groups excluding carboxylic acids is 7. The van der Waals surface area contributed by atoms with Gasteiger partial charge in [-0.25, -0.2) is 9.78 Å². The van der Waals surface area contributed by atoms with Crippen LogP contribution in [0.2, 0.25) is 15.1 Å². The second kappa shape index (κ2) is 33.1. The number of aliphatic hydroxyl groups excluding tert-OH is 5. The fraction of sp³-hybridized carbons (Fsp3) is 0.384. The lowest BCUT2D eigenvalue weighted by Gasteiger charge is -2.47. The summed E-state index contributed by atoms with van der Waals surface area (Å²) in [6.45, 7) is 6.70. The minimum atomic E-state index is -2.35. The first-order valence-corrected chi connectivity index (χ1v) is 37.5. The van der Waals surface area contributed by atoms with Gasteiger partial charge in [-0.15, -0.1) is 11.3 Å². The van der Waals surface area contributed by atoms with E-state index in [1.165, 1.54) is 50.4 Å². The number of phenols is 3. The molecular weight excluding hydrogens is 1560 g/mol. The predicted octanol–water partition coefficient (Wildman–Crippen LogP) is 4.17. The van der Waals surface area contributed by atoms with E-state index in [4.69, 9.17) is 74.7 Å². The number of likely N-dealkylation sites (N-methyl/N-ethyl adjacent to an activating group) is 1.